The van der Waals surface area contributed by atoms with Crippen LogP contribution in [0.5, 0.6) is 0 Å². The van der Waals surface area contributed by atoms with Crippen LogP contribution < -0.4 is 5.46 Å². The van der Waals surface area contributed by atoms with Gasteiger partial charge < -0.3 is 14.0 Å². The molecule has 2 aromatic carbocycles. The zero-order valence-electron chi connectivity index (χ0n) is 21.6. The number of rotatable bonds is 7. The van der Waals surface area contributed by atoms with Crippen molar-refractivity contribution < 1.29 is 19.0 Å². The molecular weight excluding hydrogens is 455 g/mol. The lowest BCUT2D eigenvalue weighted by Gasteiger charge is -2.32. The van der Waals surface area contributed by atoms with Crippen molar-refractivity contribution in [2.75, 3.05) is 7.11 Å². The quantitative estimate of drug-likeness (QED) is 0.176. The molecule has 2 heterocycles. The average molecular weight is 486 g/mol. The fourth-order valence-electron chi connectivity index (χ4n) is 4.01. The van der Waals surface area contributed by atoms with Crippen LogP contribution in [0.15, 0.2) is 66.7 Å². The summed E-state index contributed by atoms with van der Waals surface area (Å²) < 4.78 is 18.0. The lowest BCUT2D eigenvalue weighted by molar-refractivity contribution is -0.384. The molecule has 0 N–H and O–H groups in total. The molecule has 1 aliphatic rings. The van der Waals surface area contributed by atoms with Gasteiger partial charge in [-0.2, -0.15) is 0 Å². The van der Waals surface area contributed by atoms with E-state index in [1.165, 1.54) is 12.1 Å². The molecule has 0 unspecified atom stereocenters. The topological polar surface area (TPSA) is 83.7 Å². The van der Waals surface area contributed by atoms with Gasteiger partial charge in [0.25, 0.3) is 5.69 Å². The van der Waals surface area contributed by atoms with E-state index in [2.05, 4.69) is 0 Å². The third-order valence-electron chi connectivity index (χ3n) is 6.83. The molecule has 3 aromatic rings. The largest absolute Gasteiger partial charge is 0.495 e. The summed E-state index contributed by atoms with van der Waals surface area (Å²) in [6, 6.07) is 18.5. The van der Waals surface area contributed by atoms with Gasteiger partial charge in [0, 0.05) is 17.7 Å². The molecule has 1 aliphatic heterocycles. The second-order valence-corrected chi connectivity index (χ2v) is 9.82. The Labute approximate surface area is 212 Å². The third-order valence-corrected chi connectivity index (χ3v) is 6.83. The van der Waals surface area contributed by atoms with E-state index in [-0.39, 0.29) is 5.69 Å². The number of hydrogen-bond donors (Lipinski definition) is 0. The summed E-state index contributed by atoms with van der Waals surface area (Å²) in [6.45, 7) is 10.2. The van der Waals surface area contributed by atoms with E-state index >= 15 is 0 Å². The molecule has 0 aliphatic carbocycles. The highest BCUT2D eigenvalue weighted by Crippen LogP contribution is 2.37. The summed E-state index contributed by atoms with van der Waals surface area (Å²) in [4.78, 5) is 15.5. The van der Waals surface area contributed by atoms with Crippen molar-refractivity contribution in [1.82, 2.24) is 4.98 Å². The lowest BCUT2D eigenvalue weighted by atomic mass is 9.78. The van der Waals surface area contributed by atoms with Gasteiger partial charge in [-0.15, -0.1) is 0 Å². The highest BCUT2D eigenvalue weighted by molar-refractivity contribution is 6.62. The van der Waals surface area contributed by atoms with Crippen LogP contribution in [0.1, 0.15) is 46.7 Å². The zero-order chi connectivity index (χ0) is 26.1. The van der Waals surface area contributed by atoms with Gasteiger partial charge in [-0.1, -0.05) is 31.2 Å². The molecule has 0 saturated carbocycles. The molecule has 0 bridgehead atoms. The highest BCUT2D eigenvalue weighted by atomic mass is 16.7. The van der Waals surface area contributed by atoms with Gasteiger partial charge in [0.15, 0.2) is 0 Å². The van der Waals surface area contributed by atoms with Crippen LogP contribution >= 0.6 is 0 Å². The Hall–Kier alpha value is -3.49. The minimum atomic E-state index is -0.430. The van der Waals surface area contributed by atoms with E-state index in [1.54, 1.807) is 19.2 Å². The first kappa shape index (κ1) is 25.6. The Morgan fingerprint density at radius 2 is 1.56 bits per heavy atom. The van der Waals surface area contributed by atoms with Crippen molar-refractivity contribution in [2.45, 2.75) is 52.2 Å². The second-order valence-electron chi connectivity index (χ2n) is 9.82. The fraction of sp³-hybridized carbons (Fsp3) is 0.321. The minimum Gasteiger partial charge on any atom is -0.495 e. The number of allylic oxidation sites excluding steroid dienone is 1. The molecule has 36 heavy (non-hydrogen) atoms. The maximum atomic E-state index is 11.1. The van der Waals surface area contributed by atoms with Crippen molar-refractivity contribution in [1.29, 1.82) is 0 Å². The fourth-order valence-corrected chi connectivity index (χ4v) is 4.01. The van der Waals surface area contributed by atoms with Gasteiger partial charge in [0.05, 0.1) is 28.9 Å². The number of pyridine rings is 1. The first-order chi connectivity index (χ1) is 17.0. The Kier molecular flexibility index (Phi) is 7.02. The monoisotopic (exact) mass is 486 g/mol. The van der Waals surface area contributed by atoms with Crippen LogP contribution in [0.25, 0.3) is 28.1 Å². The number of hydrogen-bond acceptors (Lipinski definition) is 6. The van der Waals surface area contributed by atoms with Crippen LogP contribution in [0.4, 0.5) is 5.69 Å². The summed E-state index contributed by atoms with van der Waals surface area (Å²) in [5.74, 6) is 0.677. The number of nitrogens with zero attached hydrogens (tertiary/aromatic N) is 2. The normalized spacial score (nSPS) is 16.7. The van der Waals surface area contributed by atoms with Gasteiger partial charge in [0.1, 0.15) is 11.5 Å². The molecule has 0 spiro atoms. The average Bonchev–Trinajstić information content (AvgIpc) is 3.09. The molecule has 186 valence electrons. The Bertz CT molecular complexity index is 1270. The van der Waals surface area contributed by atoms with Gasteiger partial charge in [-0.3, -0.25) is 10.1 Å². The molecule has 1 saturated heterocycles. The van der Waals surface area contributed by atoms with Crippen molar-refractivity contribution in [3.63, 3.8) is 0 Å². The number of benzene rings is 2. The van der Waals surface area contributed by atoms with Crippen molar-refractivity contribution in [3.8, 4) is 22.4 Å². The van der Waals surface area contributed by atoms with E-state index < -0.39 is 23.2 Å². The molecule has 4 rings (SSSR count). The van der Waals surface area contributed by atoms with E-state index in [4.69, 9.17) is 19.0 Å². The number of non-ortho nitro benzene ring substituents is 1. The molecule has 1 fully saturated rings. The maximum absolute atomic E-state index is 11.1. The summed E-state index contributed by atoms with van der Waals surface area (Å²) in [5, 5.41) is 11.1. The van der Waals surface area contributed by atoms with Gasteiger partial charge in [-0.05, 0) is 81.0 Å². The molecule has 1 aromatic heterocycles. The number of ether oxygens (including phenoxy) is 1. The van der Waals surface area contributed by atoms with Crippen LogP contribution in [0, 0.1) is 10.1 Å². The van der Waals surface area contributed by atoms with Crippen molar-refractivity contribution >= 4 is 24.0 Å². The predicted molar refractivity (Wildman–Crippen MR) is 143 cm³/mol. The van der Waals surface area contributed by atoms with Crippen LogP contribution in [-0.4, -0.2) is 35.3 Å². The van der Waals surface area contributed by atoms with Crippen molar-refractivity contribution in [3.05, 3.63) is 82.5 Å². The van der Waals surface area contributed by atoms with Gasteiger partial charge in [0.2, 0.25) is 0 Å². The molecular formula is C28H31BN2O5. The third kappa shape index (κ3) is 5.06. The first-order valence-corrected chi connectivity index (χ1v) is 12.0. The highest BCUT2D eigenvalue weighted by Gasteiger charge is 2.51. The molecule has 8 heteroatoms. The smallest absolute Gasteiger partial charge is 0.494 e. The molecule has 0 radical (unpaired) electrons. The lowest BCUT2D eigenvalue weighted by Crippen LogP contribution is -2.41. The standard InChI is InChI=1S/C28H31BN2O5/c1-7-8-26(34-6)25-18-21(17-24(30-25)20-11-15-23(16-12-20)31(32)33)19-9-13-22(14-10-19)29-35-27(2,3)28(4,5)36-29/h8-18H,7H2,1-6H3/b26-8-. The van der Waals surface area contributed by atoms with Gasteiger partial charge in [-0.25, -0.2) is 4.98 Å². The Morgan fingerprint density at radius 3 is 2.08 bits per heavy atom. The van der Waals surface area contributed by atoms with E-state index in [1.807, 2.05) is 77.1 Å². The van der Waals surface area contributed by atoms with Crippen LogP contribution in [-0.2, 0) is 14.0 Å². The predicted octanol–water partition coefficient (Wildman–Crippen LogP) is 6.02. The van der Waals surface area contributed by atoms with Crippen LogP contribution in [0.3, 0.4) is 0 Å². The molecule has 0 amide bonds. The summed E-state index contributed by atoms with van der Waals surface area (Å²) >= 11 is 0. The zero-order valence-corrected chi connectivity index (χ0v) is 21.6. The SMILES string of the molecule is CC/C=C(\OC)c1cc(-c2ccc(B3OC(C)(C)C(C)(C)O3)cc2)cc(-c2ccc([N+](=O)[O-])cc2)n1. The number of aromatic nitrogens is 1. The van der Waals surface area contributed by atoms with Crippen LogP contribution in [0.2, 0.25) is 0 Å². The second kappa shape index (κ2) is 9.87. The number of methoxy groups -OCH3 is 1. The molecule has 7 nitrogen and oxygen atoms in total. The maximum Gasteiger partial charge on any atom is 0.494 e. The summed E-state index contributed by atoms with van der Waals surface area (Å²) in [5.41, 5.74) is 4.30. The van der Waals surface area contributed by atoms with E-state index in [9.17, 15) is 10.1 Å². The van der Waals surface area contributed by atoms with E-state index in [0.29, 0.717) is 17.1 Å². The van der Waals surface area contributed by atoms with Crippen molar-refractivity contribution in [2.24, 2.45) is 0 Å². The summed E-state index contributed by atoms with van der Waals surface area (Å²) in [6.07, 6.45) is 2.78. The minimum absolute atomic E-state index is 0.0388. The first-order valence-electron chi connectivity index (χ1n) is 12.0. The summed E-state index contributed by atoms with van der Waals surface area (Å²) in [7, 11) is 1.20. The Morgan fingerprint density at radius 1 is 0.972 bits per heavy atom. The van der Waals surface area contributed by atoms with E-state index in [0.717, 1.165) is 28.6 Å². The number of nitro benzene ring substituents is 1. The molecule has 0 atom stereocenters. The number of nitro groups is 1. The van der Waals surface area contributed by atoms with Gasteiger partial charge >= 0.3 is 7.12 Å². The Balaban J connectivity index is 1.73.